The summed E-state index contributed by atoms with van der Waals surface area (Å²) >= 11 is 0. The van der Waals surface area contributed by atoms with E-state index in [0.717, 1.165) is 0 Å². The maximum atomic E-state index is 10.6. The standard InChI is InChI=1S/C5H12BNO5S/c1-5(2)3-11-6(8)4-13(9,10)12-7/h8H,1,3-4,7H2,2H3. The van der Waals surface area contributed by atoms with E-state index in [-0.39, 0.29) is 6.61 Å². The summed E-state index contributed by atoms with van der Waals surface area (Å²) in [6.45, 7) is 5.27. The number of rotatable bonds is 6. The third-order valence-corrected chi connectivity index (χ3v) is 2.00. The minimum absolute atomic E-state index is 0.0846. The lowest BCUT2D eigenvalue weighted by molar-refractivity contribution is 0.284. The minimum Gasteiger partial charge on any atom is -0.426 e. The van der Waals surface area contributed by atoms with E-state index in [2.05, 4.69) is 21.4 Å². The van der Waals surface area contributed by atoms with Crippen LogP contribution in [0.5, 0.6) is 0 Å². The normalized spacial score (nSPS) is 11.3. The first-order valence-electron chi connectivity index (χ1n) is 3.42. The molecule has 0 fully saturated rings. The fraction of sp³-hybridized carbons (Fsp3) is 0.600. The summed E-state index contributed by atoms with van der Waals surface area (Å²) in [5, 5.41) is 8.99. The van der Waals surface area contributed by atoms with Crippen molar-refractivity contribution in [1.29, 1.82) is 0 Å². The van der Waals surface area contributed by atoms with Gasteiger partial charge in [0.25, 0.3) is 10.1 Å². The fourth-order valence-electron chi connectivity index (χ4n) is 0.500. The molecule has 76 valence electrons. The van der Waals surface area contributed by atoms with Gasteiger partial charge in [0.2, 0.25) is 0 Å². The molecule has 0 saturated heterocycles. The van der Waals surface area contributed by atoms with Crippen LogP contribution in [0.2, 0.25) is 0 Å². The van der Waals surface area contributed by atoms with Crippen LogP contribution < -0.4 is 5.90 Å². The zero-order valence-corrected chi connectivity index (χ0v) is 8.08. The summed E-state index contributed by atoms with van der Waals surface area (Å²) in [6.07, 6.45) is 0. The monoisotopic (exact) mass is 209 g/mol. The summed E-state index contributed by atoms with van der Waals surface area (Å²) in [4.78, 5) is 0. The van der Waals surface area contributed by atoms with Crippen molar-refractivity contribution in [3.63, 3.8) is 0 Å². The highest BCUT2D eigenvalue weighted by molar-refractivity contribution is 7.88. The van der Waals surface area contributed by atoms with Gasteiger partial charge in [-0.2, -0.15) is 18.6 Å². The summed E-state index contributed by atoms with van der Waals surface area (Å²) < 4.78 is 29.6. The van der Waals surface area contributed by atoms with E-state index in [1.165, 1.54) is 0 Å². The van der Waals surface area contributed by atoms with E-state index in [4.69, 9.17) is 5.02 Å². The predicted octanol–water partition coefficient (Wildman–Crippen LogP) is -1.18. The van der Waals surface area contributed by atoms with Crippen molar-refractivity contribution in [3.05, 3.63) is 12.2 Å². The zero-order chi connectivity index (χ0) is 10.5. The van der Waals surface area contributed by atoms with Crippen molar-refractivity contribution in [2.45, 2.75) is 6.92 Å². The van der Waals surface area contributed by atoms with E-state index in [1.54, 1.807) is 6.92 Å². The van der Waals surface area contributed by atoms with Crippen molar-refractivity contribution in [1.82, 2.24) is 0 Å². The van der Waals surface area contributed by atoms with Gasteiger partial charge in [-0.1, -0.05) is 12.2 Å². The van der Waals surface area contributed by atoms with Crippen LogP contribution in [-0.2, 0) is 19.1 Å². The molecule has 0 unspecified atom stereocenters. The quantitative estimate of drug-likeness (QED) is 0.324. The Kier molecular flexibility index (Phi) is 5.19. The molecule has 3 N–H and O–H groups in total. The molecule has 0 aromatic heterocycles. The van der Waals surface area contributed by atoms with Crippen LogP contribution in [0.4, 0.5) is 0 Å². The summed E-state index contributed by atoms with van der Waals surface area (Å²) in [5.74, 6) is 4.44. The molecule has 0 aromatic carbocycles. The summed E-state index contributed by atoms with van der Waals surface area (Å²) in [6, 6.07) is 0. The van der Waals surface area contributed by atoms with E-state index < -0.39 is 22.9 Å². The van der Waals surface area contributed by atoms with Crippen molar-refractivity contribution in [2.24, 2.45) is 5.90 Å². The van der Waals surface area contributed by atoms with Gasteiger partial charge in [-0.15, -0.1) is 0 Å². The van der Waals surface area contributed by atoms with E-state index >= 15 is 0 Å². The molecule has 0 saturated carbocycles. The topological polar surface area (TPSA) is 98.8 Å². The second-order valence-electron chi connectivity index (χ2n) is 2.54. The molecule has 0 amide bonds. The molecule has 0 heterocycles. The lowest BCUT2D eigenvalue weighted by Crippen LogP contribution is -2.31. The van der Waals surface area contributed by atoms with Crippen molar-refractivity contribution in [2.75, 3.05) is 12.3 Å². The van der Waals surface area contributed by atoms with Gasteiger partial charge in [-0.05, 0) is 6.92 Å². The second kappa shape index (κ2) is 5.35. The van der Waals surface area contributed by atoms with E-state index in [0.29, 0.717) is 5.57 Å². The highest BCUT2D eigenvalue weighted by Crippen LogP contribution is 1.95. The van der Waals surface area contributed by atoms with Gasteiger partial charge in [0.15, 0.2) is 0 Å². The third kappa shape index (κ3) is 6.73. The number of hydrogen-bond donors (Lipinski definition) is 2. The fourth-order valence-corrected chi connectivity index (χ4v) is 1.02. The molecule has 6 nitrogen and oxygen atoms in total. The van der Waals surface area contributed by atoms with Crippen LogP contribution in [0, 0.1) is 0 Å². The Balaban J connectivity index is 3.88. The zero-order valence-electron chi connectivity index (χ0n) is 7.26. The first-order chi connectivity index (χ1) is 5.87. The Labute approximate surface area is 77.6 Å². The smallest absolute Gasteiger partial charge is 0.426 e. The molecule has 0 radical (unpaired) electrons. The van der Waals surface area contributed by atoms with Crippen molar-refractivity contribution < 1.29 is 22.4 Å². The van der Waals surface area contributed by atoms with Gasteiger partial charge in [-0.3, -0.25) is 0 Å². The van der Waals surface area contributed by atoms with Crippen LogP contribution in [0.15, 0.2) is 12.2 Å². The van der Waals surface area contributed by atoms with Crippen LogP contribution in [0.3, 0.4) is 0 Å². The lowest BCUT2D eigenvalue weighted by atomic mass is 9.96. The molecule has 0 bridgehead atoms. The SMILES string of the molecule is C=C(C)COB(O)CS(=O)(=O)ON. The molecule has 0 aromatic rings. The maximum Gasteiger partial charge on any atom is 0.472 e. The van der Waals surface area contributed by atoms with E-state index in [9.17, 15) is 8.42 Å². The van der Waals surface area contributed by atoms with Gasteiger partial charge in [-0.25, -0.2) is 0 Å². The van der Waals surface area contributed by atoms with E-state index in [1.807, 2.05) is 0 Å². The summed E-state index contributed by atoms with van der Waals surface area (Å²) in [5.41, 5.74) is -0.0262. The van der Waals surface area contributed by atoms with Gasteiger partial charge in [0.05, 0.1) is 6.61 Å². The lowest BCUT2D eigenvalue weighted by Gasteiger charge is -2.06. The van der Waals surface area contributed by atoms with Crippen molar-refractivity contribution in [3.8, 4) is 0 Å². The molecular weight excluding hydrogens is 197 g/mol. The van der Waals surface area contributed by atoms with Crippen LogP contribution >= 0.6 is 0 Å². The average Bonchev–Trinajstić information content (AvgIpc) is 2.00. The molecule has 13 heavy (non-hydrogen) atoms. The first-order valence-corrected chi connectivity index (χ1v) is 5.00. The molecule has 0 aliphatic heterocycles. The molecule has 0 spiro atoms. The Morgan fingerprint density at radius 1 is 1.69 bits per heavy atom. The highest BCUT2D eigenvalue weighted by atomic mass is 32.2. The molecule has 8 heteroatoms. The summed E-state index contributed by atoms with van der Waals surface area (Å²) in [7, 11) is -5.35. The molecule has 0 atom stereocenters. The third-order valence-electron chi connectivity index (χ3n) is 1.02. The van der Waals surface area contributed by atoms with Gasteiger partial charge in [0, 0.05) is 0 Å². The molecule has 0 aliphatic rings. The van der Waals surface area contributed by atoms with Crippen LogP contribution in [0.1, 0.15) is 6.92 Å². The molecular formula is C5H12BNO5S. The maximum absolute atomic E-state index is 10.6. The second-order valence-corrected chi connectivity index (χ2v) is 4.18. The van der Waals surface area contributed by atoms with Gasteiger partial charge < -0.3 is 9.68 Å². The first kappa shape index (κ1) is 12.6. The van der Waals surface area contributed by atoms with Gasteiger partial charge >= 0.3 is 7.12 Å². The average molecular weight is 209 g/mol. The molecule has 0 rings (SSSR count). The van der Waals surface area contributed by atoms with Crippen LogP contribution in [0.25, 0.3) is 0 Å². The van der Waals surface area contributed by atoms with Crippen molar-refractivity contribution >= 4 is 17.2 Å². The predicted molar refractivity (Wildman–Crippen MR) is 47.8 cm³/mol. The largest absolute Gasteiger partial charge is 0.472 e. The number of hydrogen-bond acceptors (Lipinski definition) is 6. The van der Waals surface area contributed by atoms with Crippen LogP contribution in [-0.4, -0.2) is 32.8 Å². The molecule has 0 aliphatic carbocycles. The number of nitrogens with two attached hydrogens (primary N) is 1. The Hall–Kier alpha value is -0.405. The Morgan fingerprint density at radius 2 is 2.23 bits per heavy atom. The Bertz CT molecular complexity index is 264. The highest BCUT2D eigenvalue weighted by Gasteiger charge is 2.23. The minimum atomic E-state index is -3.89. The van der Waals surface area contributed by atoms with Gasteiger partial charge in [0.1, 0.15) is 5.65 Å². The Morgan fingerprint density at radius 3 is 2.62 bits per heavy atom.